The van der Waals surface area contributed by atoms with E-state index in [4.69, 9.17) is 33.2 Å². The van der Waals surface area contributed by atoms with E-state index in [1.807, 2.05) is 19.9 Å². The minimum atomic E-state index is -0.753. The van der Waals surface area contributed by atoms with Gasteiger partial charge in [-0.1, -0.05) is 29.3 Å². The number of hydrogen-bond acceptors (Lipinski definition) is 3. The van der Waals surface area contributed by atoms with Crippen LogP contribution in [0.2, 0.25) is 10.0 Å². The van der Waals surface area contributed by atoms with Crippen LogP contribution in [0.5, 0.6) is 0 Å². The zero-order valence-electron chi connectivity index (χ0n) is 11.3. The van der Waals surface area contributed by atoms with E-state index in [1.165, 1.54) is 0 Å². The molecule has 0 spiro atoms. The summed E-state index contributed by atoms with van der Waals surface area (Å²) in [5.41, 5.74) is 0.597. The van der Waals surface area contributed by atoms with E-state index in [-0.39, 0.29) is 18.4 Å². The Kier molecular flexibility index (Phi) is 6.80. The number of nitriles is 1. The third-order valence-corrected chi connectivity index (χ3v) is 3.23. The third-order valence-electron chi connectivity index (χ3n) is 2.49. The first-order chi connectivity index (χ1) is 9.43. The summed E-state index contributed by atoms with van der Waals surface area (Å²) in [5.74, 6) is -0.247. The van der Waals surface area contributed by atoms with Gasteiger partial charge in [0.25, 0.3) is 0 Å². The molecule has 0 fully saturated rings. The monoisotopic (exact) mass is 314 g/mol. The molecule has 1 aromatic rings. The van der Waals surface area contributed by atoms with Gasteiger partial charge in [0, 0.05) is 0 Å². The summed E-state index contributed by atoms with van der Waals surface area (Å²) >= 11 is 11.7. The molecule has 1 N–H and O–H groups in total. The number of benzene rings is 1. The number of ether oxygens (including phenoxy) is 1. The van der Waals surface area contributed by atoms with E-state index in [2.05, 4.69) is 5.32 Å². The molecule has 0 aliphatic rings. The van der Waals surface area contributed by atoms with Gasteiger partial charge in [-0.25, -0.2) is 0 Å². The smallest absolute Gasteiger partial charge is 0.223 e. The van der Waals surface area contributed by atoms with Crippen molar-refractivity contribution < 1.29 is 9.53 Å². The summed E-state index contributed by atoms with van der Waals surface area (Å²) < 4.78 is 5.29. The van der Waals surface area contributed by atoms with Crippen LogP contribution >= 0.6 is 23.2 Å². The second-order valence-electron chi connectivity index (χ2n) is 4.47. The lowest BCUT2D eigenvalue weighted by Crippen LogP contribution is -2.28. The van der Waals surface area contributed by atoms with Gasteiger partial charge in [-0.2, -0.15) is 5.26 Å². The fraction of sp³-hybridized carbons (Fsp3) is 0.429. The first-order valence-electron chi connectivity index (χ1n) is 6.19. The zero-order chi connectivity index (χ0) is 15.1. The maximum absolute atomic E-state index is 11.7. The van der Waals surface area contributed by atoms with Crippen molar-refractivity contribution in [2.24, 2.45) is 0 Å². The van der Waals surface area contributed by atoms with Crippen molar-refractivity contribution in [3.8, 4) is 6.07 Å². The van der Waals surface area contributed by atoms with Crippen LogP contribution in [0.1, 0.15) is 31.9 Å². The molecule has 1 amide bonds. The van der Waals surface area contributed by atoms with Crippen molar-refractivity contribution in [3.05, 3.63) is 33.8 Å². The normalized spacial score (nSPS) is 12.0. The molecule has 1 aromatic carbocycles. The van der Waals surface area contributed by atoms with Crippen LogP contribution in [0.3, 0.4) is 0 Å². The van der Waals surface area contributed by atoms with Crippen LogP contribution in [0, 0.1) is 11.3 Å². The molecular formula is C14H16Cl2N2O2. The van der Waals surface area contributed by atoms with Crippen molar-refractivity contribution in [1.82, 2.24) is 5.32 Å². The summed E-state index contributed by atoms with van der Waals surface area (Å²) in [7, 11) is 0. The number of halogens is 2. The van der Waals surface area contributed by atoms with Gasteiger partial charge >= 0.3 is 0 Å². The standard InChI is InChI=1S/C14H16Cl2N2O2/c1-9(2)20-6-5-14(19)18-13(8-17)10-3-4-11(15)12(16)7-10/h3-4,7,9,13H,5-6H2,1-2H3,(H,18,19). The van der Waals surface area contributed by atoms with Gasteiger partial charge in [-0.15, -0.1) is 0 Å². The molecule has 0 aromatic heterocycles. The third kappa shape index (κ3) is 5.38. The lowest BCUT2D eigenvalue weighted by molar-refractivity contribution is -0.122. The minimum Gasteiger partial charge on any atom is -0.378 e. The lowest BCUT2D eigenvalue weighted by atomic mass is 10.1. The highest BCUT2D eigenvalue weighted by Crippen LogP contribution is 2.25. The van der Waals surface area contributed by atoms with Crippen LogP contribution in [0.15, 0.2) is 18.2 Å². The van der Waals surface area contributed by atoms with E-state index >= 15 is 0 Å². The topological polar surface area (TPSA) is 62.1 Å². The molecular weight excluding hydrogens is 299 g/mol. The molecule has 1 atom stereocenters. The Bertz CT molecular complexity index is 512. The van der Waals surface area contributed by atoms with E-state index in [0.29, 0.717) is 22.2 Å². The summed E-state index contributed by atoms with van der Waals surface area (Å²) in [6.45, 7) is 4.11. The number of hydrogen-bond donors (Lipinski definition) is 1. The van der Waals surface area contributed by atoms with Crippen LogP contribution < -0.4 is 5.32 Å². The fourth-order valence-electron chi connectivity index (χ4n) is 1.50. The quantitative estimate of drug-likeness (QED) is 0.874. The van der Waals surface area contributed by atoms with E-state index in [0.717, 1.165) is 0 Å². The summed E-state index contributed by atoms with van der Waals surface area (Å²) in [5, 5.41) is 12.5. The largest absolute Gasteiger partial charge is 0.378 e. The average molecular weight is 315 g/mol. The summed E-state index contributed by atoms with van der Waals surface area (Å²) in [4.78, 5) is 11.7. The molecule has 4 nitrogen and oxygen atoms in total. The average Bonchev–Trinajstić information content (AvgIpc) is 2.39. The van der Waals surface area contributed by atoms with Crippen LogP contribution in [0.4, 0.5) is 0 Å². The van der Waals surface area contributed by atoms with E-state index in [9.17, 15) is 4.79 Å². The van der Waals surface area contributed by atoms with Gasteiger partial charge in [0.15, 0.2) is 0 Å². The Morgan fingerprint density at radius 1 is 1.40 bits per heavy atom. The number of carbonyl (C=O) groups is 1. The Balaban J connectivity index is 2.61. The van der Waals surface area contributed by atoms with Gasteiger partial charge in [-0.3, -0.25) is 4.79 Å². The van der Waals surface area contributed by atoms with Gasteiger partial charge in [0.2, 0.25) is 5.91 Å². The predicted molar refractivity (Wildman–Crippen MR) is 78.7 cm³/mol. The Labute approximate surface area is 128 Å². The molecule has 0 heterocycles. The SMILES string of the molecule is CC(C)OCCC(=O)NC(C#N)c1ccc(Cl)c(Cl)c1. The van der Waals surface area contributed by atoms with Gasteiger partial charge in [-0.05, 0) is 31.5 Å². The van der Waals surface area contributed by atoms with Gasteiger partial charge < -0.3 is 10.1 Å². The van der Waals surface area contributed by atoms with Crippen molar-refractivity contribution in [2.45, 2.75) is 32.4 Å². The Hall–Kier alpha value is -1.28. The molecule has 0 aliphatic heterocycles. The fourth-order valence-corrected chi connectivity index (χ4v) is 1.81. The maximum atomic E-state index is 11.7. The summed E-state index contributed by atoms with van der Waals surface area (Å²) in [6.07, 6.45) is 0.280. The van der Waals surface area contributed by atoms with Gasteiger partial charge in [0.05, 0.1) is 35.2 Å². The Morgan fingerprint density at radius 2 is 2.10 bits per heavy atom. The van der Waals surface area contributed by atoms with Crippen molar-refractivity contribution in [1.29, 1.82) is 5.26 Å². The molecule has 0 bridgehead atoms. The van der Waals surface area contributed by atoms with Crippen molar-refractivity contribution >= 4 is 29.1 Å². The van der Waals surface area contributed by atoms with Crippen LogP contribution in [0.25, 0.3) is 0 Å². The molecule has 108 valence electrons. The zero-order valence-corrected chi connectivity index (χ0v) is 12.8. The molecule has 0 aliphatic carbocycles. The highest BCUT2D eigenvalue weighted by atomic mass is 35.5. The van der Waals surface area contributed by atoms with Crippen molar-refractivity contribution in [3.63, 3.8) is 0 Å². The maximum Gasteiger partial charge on any atom is 0.223 e. The molecule has 6 heteroatoms. The number of nitrogens with zero attached hydrogens (tertiary/aromatic N) is 1. The van der Waals surface area contributed by atoms with Gasteiger partial charge in [0.1, 0.15) is 6.04 Å². The molecule has 0 saturated carbocycles. The number of carbonyl (C=O) groups excluding carboxylic acids is 1. The highest BCUT2D eigenvalue weighted by Gasteiger charge is 2.15. The summed E-state index contributed by atoms with van der Waals surface area (Å²) in [6, 6.07) is 6.09. The first kappa shape index (κ1) is 16.8. The van der Waals surface area contributed by atoms with Crippen molar-refractivity contribution in [2.75, 3.05) is 6.61 Å². The molecule has 0 saturated heterocycles. The van der Waals surface area contributed by atoms with Crippen LogP contribution in [-0.2, 0) is 9.53 Å². The Morgan fingerprint density at radius 3 is 2.65 bits per heavy atom. The first-order valence-corrected chi connectivity index (χ1v) is 6.95. The second kappa shape index (κ2) is 8.11. The predicted octanol–water partition coefficient (Wildman–Crippen LogP) is 3.49. The molecule has 1 unspecified atom stereocenters. The number of amides is 1. The number of rotatable bonds is 6. The molecule has 20 heavy (non-hydrogen) atoms. The molecule has 1 rings (SSSR count). The van der Waals surface area contributed by atoms with E-state index < -0.39 is 6.04 Å². The highest BCUT2D eigenvalue weighted by molar-refractivity contribution is 6.42. The number of nitrogens with one attached hydrogen (secondary N) is 1. The van der Waals surface area contributed by atoms with E-state index in [1.54, 1.807) is 18.2 Å². The molecule has 0 radical (unpaired) electrons. The lowest BCUT2D eigenvalue weighted by Gasteiger charge is -2.13. The second-order valence-corrected chi connectivity index (χ2v) is 5.29. The van der Waals surface area contributed by atoms with Crippen LogP contribution in [-0.4, -0.2) is 18.6 Å². The minimum absolute atomic E-state index is 0.0737.